The molecule has 0 spiro atoms. The third-order valence-corrected chi connectivity index (χ3v) is 3.13. The minimum atomic E-state index is -0.294. The number of hydrogen-bond donors (Lipinski definition) is 1. The maximum atomic E-state index is 11.7. The fraction of sp³-hybridized carbons (Fsp3) is 0.118. The highest BCUT2D eigenvalue weighted by molar-refractivity contribution is 6.02. The van der Waals surface area contributed by atoms with Crippen molar-refractivity contribution < 1.29 is 9.90 Å². The normalized spacial score (nSPS) is 10.6. The average molecular weight is 295 g/mol. The van der Waals surface area contributed by atoms with Crippen LogP contribution in [0.5, 0.6) is 5.75 Å². The fourth-order valence-corrected chi connectivity index (χ4v) is 1.84. The summed E-state index contributed by atoms with van der Waals surface area (Å²) >= 11 is 0. The Labute approximate surface area is 129 Å². The van der Waals surface area contributed by atoms with Crippen LogP contribution in [0.1, 0.15) is 5.56 Å². The third-order valence-electron chi connectivity index (χ3n) is 3.13. The quantitative estimate of drug-likeness (QED) is 0.676. The van der Waals surface area contributed by atoms with E-state index in [1.165, 1.54) is 23.1 Å². The van der Waals surface area contributed by atoms with E-state index in [1.54, 1.807) is 13.1 Å². The van der Waals surface area contributed by atoms with Crippen LogP contribution in [0.4, 0.5) is 17.1 Å². The van der Waals surface area contributed by atoms with Crippen molar-refractivity contribution >= 4 is 23.0 Å². The van der Waals surface area contributed by atoms with E-state index in [0.29, 0.717) is 17.1 Å². The highest BCUT2D eigenvalue weighted by Gasteiger charge is 2.13. The molecule has 2 aromatic rings. The summed E-state index contributed by atoms with van der Waals surface area (Å²) < 4.78 is 0. The minimum absolute atomic E-state index is 0.0491. The number of hydrogen-bond acceptors (Lipinski definition) is 4. The van der Waals surface area contributed by atoms with Gasteiger partial charge in [0.1, 0.15) is 11.4 Å². The monoisotopic (exact) mass is 295 g/mol. The lowest BCUT2D eigenvalue weighted by Gasteiger charge is -2.17. The Morgan fingerprint density at radius 2 is 1.86 bits per heavy atom. The van der Waals surface area contributed by atoms with Gasteiger partial charge in [-0.25, -0.2) is 0 Å². The second kappa shape index (κ2) is 6.67. The van der Waals surface area contributed by atoms with Gasteiger partial charge in [0.25, 0.3) is 0 Å². The predicted molar refractivity (Wildman–Crippen MR) is 87.1 cm³/mol. The Balaban J connectivity index is 2.36. The fourth-order valence-electron chi connectivity index (χ4n) is 1.84. The third kappa shape index (κ3) is 3.58. The maximum absolute atomic E-state index is 11.7. The van der Waals surface area contributed by atoms with Crippen LogP contribution in [0.2, 0.25) is 0 Å². The van der Waals surface area contributed by atoms with E-state index in [1.807, 2.05) is 31.2 Å². The largest absolute Gasteiger partial charge is 0.508 e. The summed E-state index contributed by atoms with van der Waals surface area (Å²) in [5, 5.41) is 17.9. The summed E-state index contributed by atoms with van der Waals surface area (Å²) in [5.74, 6) is -0.245. The van der Waals surface area contributed by atoms with Crippen LogP contribution in [0.25, 0.3) is 0 Å². The van der Waals surface area contributed by atoms with Crippen LogP contribution in [-0.2, 0) is 4.79 Å². The van der Waals surface area contributed by atoms with E-state index in [-0.39, 0.29) is 11.7 Å². The molecule has 0 heterocycles. The lowest BCUT2D eigenvalue weighted by atomic mass is 10.2. The molecular formula is C17H17N3O2. The summed E-state index contributed by atoms with van der Waals surface area (Å²) in [4.78, 5) is 13.1. The molecule has 1 N–H and O–H groups in total. The Hall–Kier alpha value is -2.95. The maximum Gasteiger partial charge on any atom is 0.250 e. The number of aryl methyl sites for hydroxylation is 1. The second-order valence-corrected chi connectivity index (χ2v) is 4.81. The van der Waals surface area contributed by atoms with Gasteiger partial charge in [0.2, 0.25) is 5.91 Å². The zero-order valence-corrected chi connectivity index (χ0v) is 12.5. The molecule has 0 unspecified atom stereocenters. The number of rotatable bonds is 4. The number of amides is 1. The number of likely N-dealkylation sites (N-methyl/N-ethyl adjacent to an activating group) is 1. The van der Waals surface area contributed by atoms with Crippen LogP contribution in [0, 0.1) is 6.92 Å². The zero-order chi connectivity index (χ0) is 16.1. The number of nitrogens with zero attached hydrogens (tertiary/aromatic N) is 3. The Morgan fingerprint density at radius 1 is 1.18 bits per heavy atom. The lowest BCUT2D eigenvalue weighted by molar-refractivity contribution is -0.113. The molecule has 0 aliphatic rings. The van der Waals surface area contributed by atoms with Crippen molar-refractivity contribution in [2.75, 3.05) is 11.9 Å². The van der Waals surface area contributed by atoms with Crippen LogP contribution < -0.4 is 4.90 Å². The average Bonchev–Trinajstić information content (AvgIpc) is 2.53. The summed E-state index contributed by atoms with van der Waals surface area (Å²) in [5.41, 5.74) is 2.79. The van der Waals surface area contributed by atoms with Gasteiger partial charge in [0.05, 0.1) is 11.4 Å². The SMILES string of the molecule is C=CC(=O)N(C)c1cc(O)ccc1N=Nc1ccc(C)cc1. The van der Waals surface area contributed by atoms with Gasteiger partial charge in [-0.3, -0.25) is 4.79 Å². The van der Waals surface area contributed by atoms with Crippen molar-refractivity contribution in [1.82, 2.24) is 0 Å². The highest BCUT2D eigenvalue weighted by Crippen LogP contribution is 2.33. The lowest BCUT2D eigenvalue weighted by Crippen LogP contribution is -2.23. The molecule has 112 valence electrons. The first-order valence-electron chi connectivity index (χ1n) is 6.73. The molecule has 0 fully saturated rings. The number of aromatic hydroxyl groups is 1. The number of carbonyl (C=O) groups excluding carboxylic acids is 1. The molecule has 0 atom stereocenters. The number of phenolic OH excluding ortho intramolecular Hbond substituents is 1. The first kappa shape index (κ1) is 15.4. The molecule has 5 heteroatoms. The minimum Gasteiger partial charge on any atom is -0.508 e. The molecule has 0 saturated heterocycles. The molecule has 0 radical (unpaired) electrons. The molecule has 5 nitrogen and oxygen atoms in total. The van der Waals surface area contributed by atoms with Gasteiger partial charge in [-0.15, -0.1) is 5.11 Å². The molecular weight excluding hydrogens is 278 g/mol. The summed E-state index contributed by atoms with van der Waals surface area (Å²) in [6.07, 6.45) is 1.20. The number of anilines is 1. The Bertz CT molecular complexity index is 721. The molecule has 1 amide bonds. The summed E-state index contributed by atoms with van der Waals surface area (Å²) in [6.45, 7) is 5.45. The summed E-state index contributed by atoms with van der Waals surface area (Å²) in [7, 11) is 1.59. The van der Waals surface area contributed by atoms with Crippen LogP contribution in [-0.4, -0.2) is 18.1 Å². The predicted octanol–water partition coefficient (Wildman–Crippen LogP) is 4.26. The van der Waals surface area contributed by atoms with Crippen molar-refractivity contribution in [3.8, 4) is 5.75 Å². The van der Waals surface area contributed by atoms with Gasteiger partial charge in [-0.2, -0.15) is 5.11 Å². The van der Waals surface area contributed by atoms with Crippen LogP contribution in [0.15, 0.2) is 65.3 Å². The number of benzene rings is 2. The van der Waals surface area contributed by atoms with Crippen molar-refractivity contribution in [3.05, 3.63) is 60.7 Å². The molecule has 0 bridgehead atoms. The van der Waals surface area contributed by atoms with Crippen molar-refractivity contribution in [1.29, 1.82) is 0 Å². The second-order valence-electron chi connectivity index (χ2n) is 4.81. The van der Waals surface area contributed by atoms with Gasteiger partial charge in [0, 0.05) is 13.1 Å². The van der Waals surface area contributed by atoms with Gasteiger partial charge in [0.15, 0.2) is 0 Å². The van der Waals surface area contributed by atoms with Crippen LogP contribution >= 0.6 is 0 Å². The molecule has 0 aliphatic heterocycles. The molecule has 0 aliphatic carbocycles. The Morgan fingerprint density at radius 3 is 2.50 bits per heavy atom. The van der Waals surface area contributed by atoms with E-state index in [4.69, 9.17) is 0 Å². The molecule has 2 aromatic carbocycles. The van der Waals surface area contributed by atoms with E-state index in [9.17, 15) is 9.90 Å². The van der Waals surface area contributed by atoms with Crippen molar-refractivity contribution in [2.24, 2.45) is 10.2 Å². The van der Waals surface area contributed by atoms with E-state index in [0.717, 1.165) is 5.56 Å². The molecule has 22 heavy (non-hydrogen) atoms. The number of azo groups is 1. The standard InChI is InChI=1S/C17H17N3O2/c1-4-17(22)20(3)16-11-14(21)9-10-15(16)19-18-13-7-5-12(2)6-8-13/h4-11,21H,1H2,2-3H3. The van der Waals surface area contributed by atoms with Crippen molar-refractivity contribution in [2.45, 2.75) is 6.92 Å². The Kier molecular flexibility index (Phi) is 4.68. The summed E-state index contributed by atoms with van der Waals surface area (Å²) in [6, 6.07) is 12.2. The molecule has 2 rings (SSSR count). The van der Waals surface area contributed by atoms with Gasteiger partial charge in [-0.05, 0) is 37.3 Å². The van der Waals surface area contributed by atoms with Crippen molar-refractivity contribution in [3.63, 3.8) is 0 Å². The number of carbonyl (C=O) groups is 1. The van der Waals surface area contributed by atoms with Gasteiger partial charge in [-0.1, -0.05) is 24.3 Å². The zero-order valence-electron chi connectivity index (χ0n) is 12.5. The van der Waals surface area contributed by atoms with E-state index >= 15 is 0 Å². The smallest absolute Gasteiger partial charge is 0.250 e. The highest BCUT2D eigenvalue weighted by atomic mass is 16.3. The molecule has 0 aromatic heterocycles. The molecule has 0 saturated carbocycles. The topological polar surface area (TPSA) is 65.3 Å². The number of phenols is 1. The van der Waals surface area contributed by atoms with E-state index in [2.05, 4.69) is 16.8 Å². The first-order valence-corrected chi connectivity index (χ1v) is 6.73. The van der Waals surface area contributed by atoms with E-state index < -0.39 is 0 Å². The van der Waals surface area contributed by atoms with Crippen LogP contribution in [0.3, 0.4) is 0 Å². The van der Waals surface area contributed by atoms with Gasteiger partial charge >= 0.3 is 0 Å². The van der Waals surface area contributed by atoms with Gasteiger partial charge < -0.3 is 10.0 Å². The first-order chi connectivity index (χ1) is 10.5.